The minimum absolute atomic E-state index is 0.138. The van der Waals surface area contributed by atoms with Gasteiger partial charge in [-0.1, -0.05) is 6.07 Å². The topological polar surface area (TPSA) is 53.5 Å². The molecule has 0 saturated heterocycles. The van der Waals surface area contributed by atoms with Gasteiger partial charge >= 0.3 is 0 Å². The van der Waals surface area contributed by atoms with Gasteiger partial charge in [0, 0.05) is 32.4 Å². The standard InChI is InChI=1S/C12H15N3O2S/c1-14-6-10-8-15(9-11(10)7-14)18(16,17)12-4-2-3-5-13-12/h2-5H,6-9H2,1H3. The Kier molecular flexibility index (Phi) is 2.73. The Morgan fingerprint density at radius 3 is 2.33 bits per heavy atom. The van der Waals surface area contributed by atoms with E-state index in [0.29, 0.717) is 13.1 Å². The van der Waals surface area contributed by atoms with Gasteiger partial charge < -0.3 is 0 Å². The molecule has 0 amide bonds. The van der Waals surface area contributed by atoms with E-state index in [1.165, 1.54) is 21.6 Å². The lowest BCUT2D eigenvalue weighted by Crippen LogP contribution is -2.33. The fraction of sp³-hybridized carbons (Fsp3) is 0.417. The quantitative estimate of drug-likeness (QED) is 0.723. The number of hydrogen-bond acceptors (Lipinski definition) is 4. The van der Waals surface area contributed by atoms with Crippen molar-refractivity contribution < 1.29 is 8.42 Å². The molecule has 0 atom stereocenters. The molecule has 0 bridgehead atoms. The van der Waals surface area contributed by atoms with Gasteiger partial charge in [0.1, 0.15) is 0 Å². The lowest BCUT2D eigenvalue weighted by atomic mass is 10.2. The molecule has 6 heteroatoms. The van der Waals surface area contributed by atoms with Gasteiger partial charge in [0.2, 0.25) is 0 Å². The Hall–Kier alpha value is -1.24. The Morgan fingerprint density at radius 2 is 1.78 bits per heavy atom. The van der Waals surface area contributed by atoms with Gasteiger partial charge in [0.15, 0.2) is 5.03 Å². The van der Waals surface area contributed by atoms with Crippen molar-refractivity contribution in [3.63, 3.8) is 0 Å². The predicted molar refractivity (Wildman–Crippen MR) is 67.5 cm³/mol. The number of pyridine rings is 1. The summed E-state index contributed by atoms with van der Waals surface area (Å²) in [6, 6.07) is 4.96. The molecular weight excluding hydrogens is 250 g/mol. The van der Waals surface area contributed by atoms with Crippen molar-refractivity contribution >= 4 is 10.0 Å². The van der Waals surface area contributed by atoms with Gasteiger partial charge in [-0.15, -0.1) is 0 Å². The maximum atomic E-state index is 12.4. The maximum Gasteiger partial charge on any atom is 0.261 e. The van der Waals surface area contributed by atoms with E-state index in [-0.39, 0.29) is 5.03 Å². The normalized spacial score (nSPS) is 21.6. The van der Waals surface area contributed by atoms with Crippen LogP contribution in [0.2, 0.25) is 0 Å². The van der Waals surface area contributed by atoms with Gasteiger partial charge in [-0.2, -0.15) is 4.31 Å². The Bertz CT molecular complexity index is 577. The Morgan fingerprint density at radius 1 is 1.11 bits per heavy atom. The summed E-state index contributed by atoms with van der Waals surface area (Å²) in [7, 11) is -1.38. The zero-order valence-electron chi connectivity index (χ0n) is 10.2. The third kappa shape index (κ3) is 1.86. The minimum atomic E-state index is -3.44. The first-order chi connectivity index (χ1) is 8.57. The summed E-state index contributed by atoms with van der Waals surface area (Å²) in [4.78, 5) is 6.15. The van der Waals surface area contributed by atoms with Crippen LogP contribution in [0.4, 0.5) is 0 Å². The second-order valence-electron chi connectivity index (χ2n) is 4.82. The van der Waals surface area contributed by atoms with Crippen LogP contribution in [0, 0.1) is 0 Å². The van der Waals surface area contributed by atoms with Gasteiger partial charge in [0.25, 0.3) is 10.0 Å². The molecule has 0 spiro atoms. The molecule has 5 nitrogen and oxygen atoms in total. The highest BCUT2D eigenvalue weighted by Crippen LogP contribution is 2.28. The van der Waals surface area contributed by atoms with Gasteiger partial charge in [0.05, 0.1) is 0 Å². The van der Waals surface area contributed by atoms with Gasteiger partial charge in [-0.25, -0.2) is 13.4 Å². The second kappa shape index (κ2) is 4.15. The van der Waals surface area contributed by atoms with E-state index in [2.05, 4.69) is 16.9 Å². The average Bonchev–Trinajstić information content (AvgIpc) is 2.87. The highest BCUT2D eigenvalue weighted by Gasteiger charge is 2.35. The van der Waals surface area contributed by atoms with Crippen LogP contribution in [0.3, 0.4) is 0 Å². The summed E-state index contributed by atoms with van der Waals surface area (Å²) >= 11 is 0. The lowest BCUT2D eigenvalue weighted by Gasteiger charge is -2.19. The molecule has 0 aromatic carbocycles. The summed E-state index contributed by atoms with van der Waals surface area (Å²) in [6.45, 7) is 2.78. The summed E-state index contributed by atoms with van der Waals surface area (Å²) in [5, 5.41) is 0.138. The summed E-state index contributed by atoms with van der Waals surface area (Å²) in [5.41, 5.74) is 2.49. The minimum Gasteiger partial charge on any atom is -0.298 e. The molecule has 3 rings (SSSR count). The molecule has 2 aliphatic rings. The van der Waals surface area contributed by atoms with Crippen LogP contribution >= 0.6 is 0 Å². The van der Waals surface area contributed by atoms with Crippen LogP contribution in [0.1, 0.15) is 0 Å². The fourth-order valence-corrected chi connectivity index (χ4v) is 3.90. The summed E-state index contributed by atoms with van der Waals surface area (Å²) in [6.07, 6.45) is 1.51. The molecule has 96 valence electrons. The number of aromatic nitrogens is 1. The zero-order valence-corrected chi connectivity index (χ0v) is 11.0. The maximum absolute atomic E-state index is 12.4. The van der Waals surface area contributed by atoms with E-state index >= 15 is 0 Å². The monoisotopic (exact) mass is 265 g/mol. The molecular formula is C12H15N3O2S. The molecule has 0 saturated carbocycles. The SMILES string of the molecule is CN1CC2=C(C1)CN(S(=O)(=O)c1ccccn1)C2. The molecule has 0 radical (unpaired) electrons. The largest absolute Gasteiger partial charge is 0.298 e. The van der Waals surface area contributed by atoms with Crippen molar-refractivity contribution in [1.82, 2.24) is 14.2 Å². The first kappa shape index (κ1) is 11.8. The number of sulfonamides is 1. The van der Waals surface area contributed by atoms with E-state index in [9.17, 15) is 8.42 Å². The van der Waals surface area contributed by atoms with Gasteiger partial charge in [-0.3, -0.25) is 4.90 Å². The molecule has 18 heavy (non-hydrogen) atoms. The average molecular weight is 265 g/mol. The summed E-state index contributed by atoms with van der Waals surface area (Å²) in [5.74, 6) is 0. The lowest BCUT2D eigenvalue weighted by molar-refractivity contribution is 0.388. The molecule has 2 aliphatic heterocycles. The first-order valence-corrected chi connectivity index (χ1v) is 7.31. The molecule has 0 fully saturated rings. The zero-order chi connectivity index (χ0) is 12.8. The van der Waals surface area contributed by atoms with Crippen LogP contribution in [-0.4, -0.2) is 55.8 Å². The third-order valence-corrected chi connectivity index (χ3v) is 5.11. The van der Waals surface area contributed by atoms with Crippen LogP contribution in [0.5, 0.6) is 0 Å². The van der Waals surface area contributed by atoms with Crippen LogP contribution in [0.25, 0.3) is 0 Å². The van der Waals surface area contributed by atoms with Crippen molar-refractivity contribution in [1.29, 1.82) is 0 Å². The van der Waals surface area contributed by atoms with Crippen LogP contribution < -0.4 is 0 Å². The van der Waals surface area contributed by atoms with Crippen LogP contribution in [0.15, 0.2) is 40.6 Å². The Balaban J connectivity index is 1.83. The smallest absolute Gasteiger partial charge is 0.261 e. The van der Waals surface area contributed by atoms with Crippen molar-refractivity contribution in [3.05, 3.63) is 35.5 Å². The Labute approximate surface area is 107 Å². The van der Waals surface area contributed by atoms with Crippen molar-refractivity contribution in [3.8, 4) is 0 Å². The molecule has 0 unspecified atom stereocenters. The number of likely N-dealkylation sites (N-methyl/N-ethyl adjacent to an activating group) is 1. The van der Waals surface area contributed by atoms with E-state index in [4.69, 9.17) is 0 Å². The summed E-state index contributed by atoms with van der Waals surface area (Å²) < 4.78 is 26.3. The van der Waals surface area contributed by atoms with E-state index in [1.54, 1.807) is 18.2 Å². The van der Waals surface area contributed by atoms with Crippen molar-refractivity contribution in [2.24, 2.45) is 0 Å². The molecule has 1 aromatic heterocycles. The first-order valence-electron chi connectivity index (χ1n) is 5.87. The van der Waals surface area contributed by atoms with E-state index in [1.807, 2.05) is 0 Å². The van der Waals surface area contributed by atoms with E-state index < -0.39 is 10.0 Å². The number of rotatable bonds is 2. The fourth-order valence-electron chi connectivity index (χ4n) is 2.54. The molecule has 1 aromatic rings. The van der Waals surface area contributed by atoms with Crippen molar-refractivity contribution in [2.45, 2.75) is 5.03 Å². The molecule has 3 heterocycles. The third-order valence-electron chi connectivity index (χ3n) is 3.40. The van der Waals surface area contributed by atoms with Crippen LogP contribution in [-0.2, 0) is 10.0 Å². The predicted octanol–water partition coefficient (Wildman–Crippen LogP) is 0.328. The number of nitrogens with zero attached hydrogens (tertiary/aromatic N) is 3. The van der Waals surface area contributed by atoms with E-state index in [0.717, 1.165) is 13.1 Å². The highest BCUT2D eigenvalue weighted by atomic mass is 32.2. The number of hydrogen-bond donors (Lipinski definition) is 0. The van der Waals surface area contributed by atoms with Crippen molar-refractivity contribution in [2.75, 3.05) is 33.2 Å². The van der Waals surface area contributed by atoms with Gasteiger partial charge in [-0.05, 0) is 30.3 Å². The molecule has 0 aliphatic carbocycles. The highest BCUT2D eigenvalue weighted by molar-refractivity contribution is 7.89. The second-order valence-corrected chi connectivity index (χ2v) is 6.71. The molecule has 0 N–H and O–H groups in total.